The predicted molar refractivity (Wildman–Crippen MR) is 151 cm³/mol. The number of likely N-dealkylation sites (N-methyl/N-ethyl adjacent to an activating group) is 1. The Morgan fingerprint density at radius 2 is 1.68 bits per heavy atom. The summed E-state index contributed by atoms with van der Waals surface area (Å²) in [7, 11) is -6.69. The van der Waals surface area contributed by atoms with E-state index < -0.39 is 49.8 Å². The smallest absolute Gasteiger partial charge is 0.262 e. The normalized spacial score (nSPS) is 18.7. The minimum absolute atomic E-state index is 0.0371. The minimum atomic E-state index is -4.22. The zero-order chi connectivity index (χ0) is 29.9. The number of para-hydroxylation sites is 1. The van der Waals surface area contributed by atoms with E-state index in [4.69, 9.17) is 4.74 Å². The van der Waals surface area contributed by atoms with Crippen LogP contribution in [0, 0.1) is 11.7 Å². The van der Waals surface area contributed by atoms with Gasteiger partial charge in [0.2, 0.25) is 10.0 Å². The summed E-state index contributed by atoms with van der Waals surface area (Å²) in [6.45, 7) is 3.17. The average Bonchev–Trinajstić information content (AvgIpc) is 2.95. The van der Waals surface area contributed by atoms with Crippen LogP contribution in [0.5, 0.6) is 5.75 Å². The van der Waals surface area contributed by atoms with E-state index in [1.54, 1.807) is 32.0 Å². The van der Waals surface area contributed by atoms with Gasteiger partial charge >= 0.3 is 0 Å². The van der Waals surface area contributed by atoms with Gasteiger partial charge in [-0.05, 0) is 55.5 Å². The number of rotatable bonds is 9. The van der Waals surface area contributed by atoms with Gasteiger partial charge in [-0.1, -0.05) is 31.2 Å². The molecule has 0 fully saturated rings. The van der Waals surface area contributed by atoms with Crippen LogP contribution in [0.1, 0.15) is 24.2 Å². The Labute approximate surface area is 239 Å². The van der Waals surface area contributed by atoms with Crippen LogP contribution in [0.25, 0.3) is 0 Å². The zero-order valence-corrected chi connectivity index (χ0v) is 24.4. The summed E-state index contributed by atoms with van der Waals surface area (Å²) >= 11 is 0. The second kappa shape index (κ2) is 12.1. The molecule has 0 radical (unpaired) electrons. The summed E-state index contributed by atoms with van der Waals surface area (Å²) in [5, 5.41) is 9.87. The molecule has 0 saturated heterocycles. The third kappa shape index (κ3) is 6.53. The molecule has 0 bridgehead atoms. The number of carbonyl (C=O) groups is 1. The van der Waals surface area contributed by atoms with Crippen LogP contribution in [0.3, 0.4) is 0 Å². The number of amides is 1. The Bertz CT molecular complexity index is 1600. The zero-order valence-electron chi connectivity index (χ0n) is 22.8. The van der Waals surface area contributed by atoms with Gasteiger partial charge in [0.05, 0.1) is 40.2 Å². The lowest BCUT2D eigenvalue weighted by molar-refractivity contribution is 0.0389. The lowest BCUT2D eigenvalue weighted by Crippen LogP contribution is -2.50. The molecule has 1 heterocycles. The molecule has 0 spiro atoms. The van der Waals surface area contributed by atoms with Crippen molar-refractivity contribution in [3.8, 4) is 5.75 Å². The van der Waals surface area contributed by atoms with Gasteiger partial charge in [-0.3, -0.25) is 9.52 Å². The first-order valence-corrected chi connectivity index (χ1v) is 15.8. The minimum Gasteiger partial charge on any atom is -0.486 e. The van der Waals surface area contributed by atoms with Crippen molar-refractivity contribution in [3.63, 3.8) is 0 Å². The second-order valence-electron chi connectivity index (χ2n) is 9.96. The van der Waals surface area contributed by atoms with Crippen molar-refractivity contribution in [2.75, 3.05) is 31.5 Å². The van der Waals surface area contributed by atoms with Gasteiger partial charge in [-0.25, -0.2) is 21.2 Å². The Morgan fingerprint density at radius 3 is 2.32 bits per heavy atom. The fraction of sp³-hybridized carbons (Fsp3) is 0.321. The number of anilines is 1. The van der Waals surface area contributed by atoms with Gasteiger partial charge < -0.3 is 14.7 Å². The maximum absolute atomic E-state index is 13.6. The summed E-state index contributed by atoms with van der Waals surface area (Å²) in [6.07, 6.45) is -0.824. The molecule has 1 aliphatic heterocycles. The summed E-state index contributed by atoms with van der Waals surface area (Å²) in [6, 6.07) is 15.9. The lowest BCUT2D eigenvalue weighted by Gasteiger charge is -2.38. The number of carbonyl (C=O) groups excluding carboxylic acids is 1. The van der Waals surface area contributed by atoms with Gasteiger partial charge in [-0.15, -0.1) is 0 Å². The van der Waals surface area contributed by atoms with Gasteiger partial charge in [0.1, 0.15) is 11.9 Å². The molecular formula is C28H32FN3O7S2. The van der Waals surface area contributed by atoms with Crippen molar-refractivity contribution in [2.24, 2.45) is 5.92 Å². The lowest BCUT2D eigenvalue weighted by atomic mass is 9.99. The Morgan fingerprint density at radius 1 is 1.02 bits per heavy atom. The largest absolute Gasteiger partial charge is 0.486 e. The van der Waals surface area contributed by atoms with E-state index in [2.05, 4.69) is 4.72 Å². The number of hydrogen-bond donors (Lipinski definition) is 2. The standard InChI is InChI=1S/C28H32FN3O7S2/c1-19-16-32(20(2)18-33)28(34)24-10-7-11-25(30-40(35,36)22-14-12-21(29)13-15-22)27(24)39-26(19)17-31(3)41(37,38)23-8-5-4-6-9-23/h4-15,19-20,26,30,33H,16-18H2,1-3H3/t19-,20-,26+/m0/s1. The number of nitrogens with one attached hydrogen (secondary N) is 1. The fourth-order valence-corrected chi connectivity index (χ4v) is 6.75. The van der Waals surface area contributed by atoms with Crippen LogP contribution in [0.15, 0.2) is 82.6 Å². The first kappa shape index (κ1) is 30.4. The predicted octanol–water partition coefficient (Wildman–Crippen LogP) is 3.17. The van der Waals surface area contributed by atoms with E-state index in [1.165, 1.54) is 42.3 Å². The number of aliphatic hydroxyl groups excluding tert-OH is 1. The topological polar surface area (TPSA) is 133 Å². The Kier molecular flexibility index (Phi) is 9.02. The molecular weight excluding hydrogens is 573 g/mol. The van der Waals surface area contributed by atoms with Crippen molar-refractivity contribution < 1.29 is 35.9 Å². The molecule has 0 saturated carbocycles. The van der Waals surface area contributed by atoms with Crippen molar-refractivity contribution in [2.45, 2.75) is 35.8 Å². The van der Waals surface area contributed by atoms with Crippen LogP contribution >= 0.6 is 0 Å². The molecule has 13 heteroatoms. The third-order valence-electron chi connectivity index (χ3n) is 6.95. The number of benzene rings is 3. The number of sulfonamides is 2. The molecule has 3 aromatic carbocycles. The fourth-order valence-electron chi connectivity index (χ4n) is 4.48. The van der Waals surface area contributed by atoms with Gasteiger partial charge in [0, 0.05) is 19.5 Å². The number of hydrogen-bond acceptors (Lipinski definition) is 7. The molecule has 0 aliphatic carbocycles. The third-order valence-corrected chi connectivity index (χ3v) is 10.2. The van der Waals surface area contributed by atoms with Gasteiger partial charge in [0.25, 0.3) is 15.9 Å². The summed E-state index contributed by atoms with van der Waals surface area (Å²) in [5.74, 6) is -1.61. The molecule has 3 aromatic rings. The van der Waals surface area contributed by atoms with Crippen molar-refractivity contribution in [1.82, 2.24) is 9.21 Å². The van der Waals surface area contributed by atoms with E-state index in [-0.39, 0.29) is 46.5 Å². The molecule has 2 N–H and O–H groups in total. The molecule has 1 aliphatic rings. The van der Waals surface area contributed by atoms with Crippen LogP contribution in [0.2, 0.25) is 0 Å². The number of nitrogens with zero attached hydrogens (tertiary/aromatic N) is 2. The highest BCUT2D eigenvalue weighted by atomic mass is 32.2. The monoisotopic (exact) mass is 605 g/mol. The van der Waals surface area contributed by atoms with Gasteiger partial charge in [-0.2, -0.15) is 4.31 Å². The second-order valence-corrected chi connectivity index (χ2v) is 13.7. The molecule has 0 aromatic heterocycles. The molecule has 0 unspecified atom stereocenters. The summed E-state index contributed by atoms with van der Waals surface area (Å²) < 4.78 is 76.2. The molecule has 1 amide bonds. The highest BCUT2D eigenvalue weighted by molar-refractivity contribution is 7.92. The van der Waals surface area contributed by atoms with E-state index in [0.29, 0.717) is 0 Å². The molecule has 4 rings (SSSR count). The van der Waals surface area contributed by atoms with Crippen molar-refractivity contribution in [1.29, 1.82) is 0 Å². The number of fused-ring (bicyclic) bond motifs is 1. The van der Waals surface area contributed by atoms with E-state index in [0.717, 1.165) is 28.6 Å². The molecule has 220 valence electrons. The average molecular weight is 606 g/mol. The van der Waals surface area contributed by atoms with Crippen molar-refractivity contribution >= 4 is 31.6 Å². The molecule has 3 atom stereocenters. The van der Waals surface area contributed by atoms with E-state index in [9.17, 15) is 31.1 Å². The highest BCUT2D eigenvalue weighted by Gasteiger charge is 2.36. The Balaban J connectivity index is 1.76. The number of ether oxygens (including phenoxy) is 1. The van der Waals surface area contributed by atoms with Crippen LogP contribution in [0.4, 0.5) is 10.1 Å². The van der Waals surface area contributed by atoms with Crippen molar-refractivity contribution in [3.05, 3.63) is 84.2 Å². The molecule has 10 nitrogen and oxygen atoms in total. The van der Waals surface area contributed by atoms with E-state index in [1.807, 2.05) is 0 Å². The first-order chi connectivity index (χ1) is 19.3. The Hall–Kier alpha value is -3.52. The van der Waals surface area contributed by atoms with Crippen LogP contribution in [-0.4, -0.2) is 75.9 Å². The number of aliphatic hydroxyl groups is 1. The first-order valence-electron chi connectivity index (χ1n) is 12.9. The maximum atomic E-state index is 13.6. The summed E-state index contributed by atoms with van der Waals surface area (Å²) in [4.78, 5) is 15.0. The summed E-state index contributed by atoms with van der Waals surface area (Å²) in [5.41, 5.74) is -0.0143. The maximum Gasteiger partial charge on any atom is 0.262 e. The van der Waals surface area contributed by atoms with Crippen LogP contribution in [-0.2, 0) is 20.0 Å². The van der Waals surface area contributed by atoms with Crippen LogP contribution < -0.4 is 9.46 Å². The quantitative estimate of drug-likeness (QED) is 0.383. The van der Waals surface area contributed by atoms with Gasteiger partial charge in [0.15, 0.2) is 5.75 Å². The highest BCUT2D eigenvalue weighted by Crippen LogP contribution is 2.36. The SMILES string of the molecule is C[C@H]1CN([C@@H](C)CO)C(=O)c2cccc(NS(=O)(=O)c3ccc(F)cc3)c2O[C@@H]1CN(C)S(=O)(=O)c1ccccc1. The van der Waals surface area contributed by atoms with E-state index >= 15 is 0 Å². The molecule has 41 heavy (non-hydrogen) atoms. The number of halogens is 1.